The lowest BCUT2D eigenvalue weighted by atomic mass is 9.86. The van der Waals surface area contributed by atoms with E-state index in [-0.39, 0.29) is 18.1 Å². The third kappa shape index (κ3) is 2.14. The minimum absolute atomic E-state index is 0.0727. The van der Waals surface area contributed by atoms with Gasteiger partial charge in [0, 0.05) is 5.92 Å². The number of rotatable bonds is 1. The summed E-state index contributed by atoms with van der Waals surface area (Å²) in [6.07, 6.45) is -0.0773. The lowest BCUT2D eigenvalue weighted by Gasteiger charge is -2.41. The molecule has 1 saturated heterocycles. The second-order valence-corrected chi connectivity index (χ2v) is 5.52. The van der Waals surface area contributed by atoms with E-state index in [1.54, 1.807) is 0 Å². The largest absolute Gasteiger partial charge is 0.390 e. The van der Waals surface area contributed by atoms with Crippen molar-refractivity contribution in [2.75, 3.05) is 18.2 Å². The smallest absolute Gasteiger partial charge is 0.256 e. The summed E-state index contributed by atoms with van der Waals surface area (Å²) in [5, 5.41) is 23.2. The lowest BCUT2D eigenvalue weighted by molar-refractivity contribution is -0.151. The van der Waals surface area contributed by atoms with Gasteiger partial charge in [0.25, 0.3) is 5.56 Å². The molecule has 2 aliphatic rings. The van der Waals surface area contributed by atoms with Crippen molar-refractivity contribution >= 4 is 17.6 Å². The number of hydrogen-bond donors (Lipinski definition) is 4. The number of H-pyrrole nitrogens is 1. The maximum absolute atomic E-state index is 12.0. The Hall–Kier alpha value is -1.09. The number of fused-ring (bicyclic) bond motifs is 2. The summed E-state index contributed by atoms with van der Waals surface area (Å²) in [5.74, 6) is 0.150. The molecule has 104 valence electrons. The van der Waals surface area contributed by atoms with Gasteiger partial charge in [0.05, 0.1) is 18.3 Å². The van der Waals surface area contributed by atoms with Gasteiger partial charge in [0.1, 0.15) is 18.1 Å². The monoisotopic (exact) mass is 285 g/mol. The van der Waals surface area contributed by atoms with Crippen LogP contribution in [0.3, 0.4) is 0 Å². The number of hydrogen-bond acceptors (Lipinski definition) is 7. The van der Waals surface area contributed by atoms with Crippen LogP contribution in [0.25, 0.3) is 0 Å². The number of nitrogens with zero attached hydrogens (tertiary/aromatic N) is 1. The molecule has 0 aliphatic carbocycles. The van der Waals surface area contributed by atoms with E-state index in [0.29, 0.717) is 23.0 Å². The van der Waals surface area contributed by atoms with Crippen molar-refractivity contribution in [1.82, 2.24) is 9.97 Å². The summed E-state index contributed by atoms with van der Waals surface area (Å²) in [6.45, 7) is 0.0727. The molecule has 0 aromatic carbocycles. The molecule has 3 heterocycles. The average molecular weight is 285 g/mol. The number of ether oxygens (including phenoxy) is 1. The van der Waals surface area contributed by atoms with Gasteiger partial charge in [-0.3, -0.25) is 4.79 Å². The third-order valence-electron chi connectivity index (χ3n) is 3.57. The fraction of sp³-hybridized carbons (Fsp3) is 0.636. The molecule has 19 heavy (non-hydrogen) atoms. The number of aliphatic hydroxyl groups excluding tert-OH is 2. The Morgan fingerprint density at radius 1 is 1.47 bits per heavy atom. The van der Waals surface area contributed by atoms with Gasteiger partial charge >= 0.3 is 0 Å². The Morgan fingerprint density at radius 2 is 2.26 bits per heavy atom. The molecule has 1 aromatic rings. The Labute approximate surface area is 113 Å². The molecule has 0 saturated carbocycles. The molecule has 0 bridgehead atoms. The van der Waals surface area contributed by atoms with E-state index >= 15 is 0 Å². The van der Waals surface area contributed by atoms with Crippen LogP contribution in [0, 0.1) is 5.92 Å². The predicted molar refractivity (Wildman–Crippen MR) is 69.2 cm³/mol. The summed E-state index contributed by atoms with van der Waals surface area (Å²) in [4.78, 5) is 19.0. The molecular formula is C11H15N3O4S. The fourth-order valence-corrected chi connectivity index (χ4v) is 2.90. The van der Waals surface area contributed by atoms with Crippen LogP contribution in [0.15, 0.2) is 9.95 Å². The molecule has 2 aliphatic heterocycles. The van der Waals surface area contributed by atoms with Crippen molar-refractivity contribution in [3.05, 3.63) is 15.9 Å². The zero-order valence-corrected chi connectivity index (χ0v) is 11.1. The highest BCUT2D eigenvalue weighted by molar-refractivity contribution is 7.98. The van der Waals surface area contributed by atoms with E-state index in [1.165, 1.54) is 11.8 Å². The quantitative estimate of drug-likeness (QED) is 0.393. The van der Waals surface area contributed by atoms with Crippen LogP contribution in [0.4, 0.5) is 5.82 Å². The van der Waals surface area contributed by atoms with E-state index in [1.807, 2.05) is 6.26 Å². The first-order valence-electron chi connectivity index (χ1n) is 6.01. The first-order chi connectivity index (χ1) is 9.10. The second kappa shape index (κ2) is 4.78. The van der Waals surface area contributed by atoms with Crippen molar-refractivity contribution in [2.24, 2.45) is 5.92 Å². The number of aromatic nitrogens is 2. The normalized spacial score (nSPS) is 33.2. The van der Waals surface area contributed by atoms with Gasteiger partial charge in [0.15, 0.2) is 5.16 Å². The number of nitrogens with one attached hydrogen (secondary N) is 2. The number of anilines is 1. The van der Waals surface area contributed by atoms with Crippen LogP contribution in [0.1, 0.15) is 5.56 Å². The fourth-order valence-electron chi connectivity index (χ4n) is 2.52. The van der Waals surface area contributed by atoms with Crippen LogP contribution in [-0.4, -0.2) is 51.5 Å². The number of thioether (sulfide) groups is 1. The summed E-state index contributed by atoms with van der Waals surface area (Å²) < 4.78 is 5.45. The summed E-state index contributed by atoms with van der Waals surface area (Å²) in [7, 11) is 0. The van der Waals surface area contributed by atoms with E-state index in [0.717, 1.165) is 0 Å². The standard InChI is InChI=1S/C11H15N3O4S/c1-19-11-13-8-5(9(17)14-11)2-4-7(16)6(15)3-18-10(4)12-8/h4,6-7,10,15-16H,2-3H2,1H3,(H2,12,13,14,17)/t4?,6-,7+,10?/m1/s1. The Kier molecular flexibility index (Phi) is 3.25. The predicted octanol–water partition coefficient (Wildman–Crippen LogP) is -0.846. The van der Waals surface area contributed by atoms with Gasteiger partial charge in [-0.25, -0.2) is 4.98 Å². The molecular weight excluding hydrogens is 270 g/mol. The van der Waals surface area contributed by atoms with Crippen molar-refractivity contribution in [3.8, 4) is 0 Å². The minimum atomic E-state index is -0.915. The molecule has 8 heteroatoms. The van der Waals surface area contributed by atoms with Gasteiger partial charge in [-0.1, -0.05) is 11.8 Å². The molecule has 0 radical (unpaired) electrons. The van der Waals surface area contributed by atoms with Crippen LogP contribution in [0.5, 0.6) is 0 Å². The van der Waals surface area contributed by atoms with E-state index in [2.05, 4.69) is 15.3 Å². The topological polar surface area (TPSA) is 107 Å². The van der Waals surface area contributed by atoms with E-state index in [9.17, 15) is 15.0 Å². The number of aromatic amines is 1. The molecule has 7 nitrogen and oxygen atoms in total. The zero-order valence-electron chi connectivity index (χ0n) is 10.3. The number of aliphatic hydroxyl groups is 2. The highest BCUT2D eigenvalue weighted by atomic mass is 32.2. The van der Waals surface area contributed by atoms with Gasteiger partial charge < -0.3 is 25.3 Å². The van der Waals surface area contributed by atoms with E-state index < -0.39 is 18.4 Å². The van der Waals surface area contributed by atoms with Crippen molar-refractivity contribution in [2.45, 2.75) is 30.0 Å². The van der Waals surface area contributed by atoms with Gasteiger partial charge in [-0.2, -0.15) is 0 Å². The first-order valence-corrected chi connectivity index (χ1v) is 7.24. The van der Waals surface area contributed by atoms with Crippen LogP contribution in [-0.2, 0) is 11.2 Å². The van der Waals surface area contributed by atoms with Crippen LogP contribution < -0.4 is 10.9 Å². The highest BCUT2D eigenvalue weighted by Gasteiger charge is 2.42. The molecule has 0 amide bonds. The van der Waals surface area contributed by atoms with E-state index in [4.69, 9.17) is 4.74 Å². The maximum atomic E-state index is 12.0. The van der Waals surface area contributed by atoms with Crippen LogP contribution in [0.2, 0.25) is 0 Å². The molecule has 1 aromatic heterocycles. The molecule has 1 fully saturated rings. The van der Waals surface area contributed by atoms with Crippen molar-refractivity contribution in [3.63, 3.8) is 0 Å². The third-order valence-corrected chi connectivity index (χ3v) is 4.15. The highest BCUT2D eigenvalue weighted by Crippen LogP contribution is 2.32. The van der Waals surface area contributed by atoms with Crippen molar-refractivity contribution < 1.29 is 14.9 Å². The summed E-state index contributed by atoms with van der Waals surface area (Å²) in [5.41, 5.74) is 0.281. The van der Waals surface area contributed by atoms with Gasteiger partial charge in [-0.15, -0.1) is 0 Å². The minimum Gasteiger partial charge on any atom is -0.390 e. The maximum Gasteiger partial charge on any atom is 0.256 e. The average Bonchev–Trinajstić information content (AvgIpc) is 2.41. The summed E-state index contributed by atoms with van der Waals surface area (Å²) >= 11 is 1.35. The van der Waals surface area contributed by atoms with Crippen LogP contribution >= 0.6 is 11.8 Å². The molecule has 4 N–H and O–H groups in total. The van der Waals surface area contributed by atoms with Crippen molar-refractivity contribution in [1.29, 1.82) is 0 Å². The Morgan fingerprint density at radius 3 is 3.00 bits per heavy atom. The second-order valence-electron chi connectivity index (χ2n) is 4.73. The SMILES string of the molecule is CSc1nc2c(c(=O)[nH]1)CC1C(N2)OC[C@@H](O)[C@H]1O. The van der Waals surface area contributed by atoms with Gasteiger partial charge in [-0.05, 0) is 12.7 Å². The Balaban J connectivity index is 1.98. The molecule has 4 atom stereocenters. The zero-order chi connectivity index (χ0) is 13.6. The van der Waals surface area contributed by atoms with Gasteiger partial charge in [0.2, 0.25) is 0 Å². The molecule has 3 rings (SSSR count). The first kappa shape index (κ1) is 12.9. The Bertz CT molecular complexity index is 549. The lowest BCUT2D eigenvalue weighted by Crippen LogP contribution is -2.55. The molecule has 2 unspecified atom stereocenters. The summed E-state index contributed by atoms with van der Waals surface area (Å²) in [6, 6.07) is 0. The molecule has 0 spiro atoms.